The van der Waals surface area contributed by atoms with Gasteiger partial charge in [-0.3, -0.25) is 15.0 Å². The van der Waals surface area contributed by atoms with Gasteiger partial charge in [0.15, 0.2) is 0 Å². The van der Waals surface area contributed by atoms with E-state index in [2.05, 4.69) is 11.9 Å². The minimum atomic E-state index is -0.366. The van der Waals surface area contributed by atoms with Crippen molar-refractivity contribution in [3.8, 4) is 0 Å². The van der Waals surface area contributed by atoms with Crippen LogP contribution in [-0.2, 0) is 16.0 Å². The van der Waals surface area contributed by atoms with Crippen molar-refractivity contribution in [2.24, 2.45) is 0 Å². The number of ether oxygens (including phenoxy) is 2. The highest BCUT2D eigenvalue weighted by Crippen LogP contribution is 2.29. The standard InChI is InChI=1S/C17H24N2O4/c1-18(12-13-6-8-14(9-7-13)19(20)21)17(15-4-2-10-22-15)16-5-3-11-23-16/h6-9,15-17H,2-5,10-12H2,1H3. The van der Waals surface area contributed by atoms with E-state index < -0.39 is 0 Å². The van der Waals surface area contributed by atoms with Crippen LogP contribution in [0.15, 0.2) is 24.3 Å². The van der Waals surface area contributed by atoms with E-state index in [-0.39, 0.29) is 28.9 Å². The summed E-state index contributed by atoms with van der Waals surface area (Å²) in [6.07, 6.45) is 4.82. The van der Waals surface area contributed by atoms with E-state index in [1.54, 1.807) is 12.1 Å². The lowest BCUT2D eigenvalue weighted by Gasteiger charge is -2.36. The summed E-state index contributed by atoms with van der Waals surface area (Å²) in [6.45, 7) is 2.40. The first-order chi connectivity index (χ1) is 11.1. The maximum atomic E-state index is 10.8. The van der Waals surface area contributed by atoms with Crippen LogP contribution < -0.4 is 0 Å². The Morgan fingerprint density at radius 2 is 1.74 bits per heavy atom. The molecule has 0 radical (unpaired) electrons. The molecule has 1 aromatic rings. The Morgan fingerprint density at radius 1 is 1.17 bits per heavy atom. The van der Waals surface area contributed by atoms with Crippen LogP contribution in [0.5, 0.6) is 0 Å². The lowest BCUT2D eigenvalue weighted by atomic mass is 9.98. The van der Waals surface area contributed by atoms with E-state index in [0.717, 1.165) is 51.0 Å². The Balaban J connectivity index is 1.69. The quantitative estimate of drug-likeness (QED) is 0.595. The molecule has 6 nitrogen and oxygen atoms in total. The second-order valence-electron chi connectivity index (χ2n) is 6.43. The van der Waals surface area contributed by atoms with Crippen LogP contribution in [-0.4, -0.2) is 48.3 Å². The van der Waals surface area contributed by atoms with Crippen LogP contribution in [0, 0.1) is 10.1 Å². The van der Waals surface area contributed by atoms with Gasteiger partial charge in [0.2, 0.25) is 0 Å². The third-order valence-electron chi connectivity index (χ3n) is 4.78. The molecule has 0 aliphatic carbocycles. The zero-order chi connectivity index (χ0) is 16.2. The molecule has 0 spiro atoms. The fraction of sp³-hybridized carbons (Fsp3) is 0.647. The van der Waals surface area contributed by atoms with Gasteiger partial charge in [0, 0.05) is 31.9 Å². The second-order valence-corrected chi connectivity index (χ2v) is 6.43. The molecule has 0 bridgehead atoms. The average Bonchev–Trinajstić information content (AvgIpc) is 3.22. The van der Waals surface area contributed by atoms with Crippen molar-refractivity contribution in [2.75, 3.05) is 20.3 Å². The Kier molecular flexibility index (Phi) is 5.25. The van der Waals surface area contributed by atoms with Gasteiger partial charge >= 0.3 is 0 Å². The van der Waals surface area contributed by atoms with Gasteiger partial charge in [0.25, 0.3) is 5.69 Å². The first kappa shape index (κ1) is 16.4. The lowest BCUT2D eigenvalue weighted by molar-refractivity contribution is -0.384. The summed E-state index contributed by atoms with van der Waals surface area (Å²) in [5.41, 5.74) is 1.20. The van der Waals surface area contributed by atoms with Crippen molar-refractivity contribution in [1.29, 1.82) is 0 Å². The van der Waals surface area contributed by atoms with Gasteiger partial charge in [-0.1, -0.05) is 12.1 Å². The fourth-order valence-corrected chi connectivity index (χ4v) is 3.67. The molecular weight excluding hydrogens is 296 g/mol. The molecule has 0 aromatic heterocycles. The molecular formula is C17H24N2O4. The van der Waals surface area contributed by atoms with Crippen LogP contribution in [0.3, 0.4) is 0 Å². The van der Waals surface area contributed by atoms with Crippen molar-refractivity contribution in [1.82, 2.24) is 4.90 Å². The Morgan fingerprint density at radius 3 is 2.17 bits per heavy atom. The Hall–Kier alpha value is -1.50. The molecule has 23 heavy (non-hydrogen) atoms. The molecule has 0 N–H and O–H groups in total. The third-order valence-corrected chi connectivity index (χ3v) is 4.78. The summed E-state index contributed by atoms with van der Waals surface area (Å²) in [5, 5.41) is 10.8. The number of hydrogen-bond acceptors (Lipinski definition) is 5. The van der Waals surface area contributed by atoms with Crippen molar-refractivity contribution in [3.05, 3.63) is 39.9 Å². The molecule has 2 fully saturated rings. The van der Waals surface area contributed by atoms with Gasteiger partial charge in [-0.2, -0.15) is 0 Å². The van der Waals surface area contributed by atoms with Crippen molar-refractivity contribution >= 4 is 5.69 Å². The van der Waals surface area contributed by atoms with E-state index in [4.69, 9.17) is 9.47 Å². The lowest BCUT2D eigenvalue weighted by Crippen LogP contribution is -2.48. The normalized spacial score (nSPS) is 25.8. The average molecular weight is 320 g/mol. The summed E-state index contributed by atoms with van der Waals surface area (Å²) >= 11 is 0. The molecule has 2 aliphatic rings. The van der Waals surface area contributed by atoms with Crippen LogP contribution in [0.1, 0.15) is 31.2 Å². The number of non-ortho nitro benzene ring substituents is 1. The largest absolute Gasteiger partial charge is 0.376 e. The number of likely N-dealkylation sites (N-methyl/N-ethyl adjacent to an activating group) is 1. The minimum Gasteiger partial charge on any atom is -0.376 e. The van der Waals surface area contributed by atoms with Gasteiger partial charge in [-0.05, 0) is 38.3 Å². The van der Waals surface area contributed by atoms with Crippen LogP contribution in [0.2, 0.25) is 0 Å². The maximum Gasteiger partial charge on any atom is 0.269 e. The van der Waals surface area contributed by atoms with Gasteiger partial charge in [-0.15, -0.1) is 0 Å². The predicted molar refractivity (Wildman–Crippen MR) is 86.3 cm³/mol. The predicted octanol–water partition coefficient (Wildman–Crippen LogP) is 2.75. The minimum absolute atomic E-state index is 0.131. The summed E-state index contributed by atoms with van der Waals surface area (Å²) in [6, 6.07) is 7.04. The van der Waals surface area contributed by atoms with E-state index in [0.29, 0.717) is 0 Å². The van der Waals surface area contributed by atoms with Gasteiger partial charge in [0.1, 0.15) is 0 Å². The summed E-state index contributed by atoms with van der Waals surface area (Å²) in [5.74, 6) is 0. The highest BCUT2D eigenvalue weighted by molar-refractivity contribution is 5.32. The molecule has 1 aromatic carbocycles. The zero-order valence-corrected chi connectivity index (χ0v) is 13.5. The smallest absolute Gasteiger partial charge is 0.269 e. The second kappa shape index (κ2) is 7.38. The molecule has 2 aliphatic heterocycles. The number of nitro groups is 1. The Labute approximate surface area is 136 Å². The molecule has 0 saturated carbocycles. The number of nitrogens with zero attached hydrogens (tertiary/aromatic N) is 2. The van der Waals surface area contributed by atoms with E-state index in [9.17, 15) is 10.1 Å². The molecule has 126 valence electrons. The van der Waals surface area contributed by atoms with Crippen molar-refractivity contribution < 1.29 is 14.4 Å². The monoisotopic (exact) mass is 320 g/mol. The topological polar surface area (TPSA) is 64.8 Å². The SMILES string of the molecule is CN(Cc1ccc([N+](=O)[O-])cc1)C(C1CCCO1)C1CCCO1. The number of nitro benzene ring substituents is 1. The third kappa shape index (κ3) is 3.88. The van der Waals surface area contributed by atoms with Gasteiger partial charge in [0.05, 0.1) is 23.2 Å². The van der Waals surface area contributed by atoms with Crippen LogP contribution >= 0.6 is 0 Å². The van der Waals surface area contributed by atoms with E-state index in [1.807, 2.05) is 12.1 Å². The van der Waals surface area contributed by atoms with Gasteiger partial charge < -0.3 is 9.47 Å². The highest BCUT2D eigenvalue weighted by atomic mass is 16.6. The zero-order valence-electron chi connectivity index (χ0n) is 13.5. The molecule has 3 rings (SSSR count). The van der Waals surface area contributed by atoms with E-state index >= 15 is 0 Å². The molecule has 2 atom stereocenters. The van der Waals surface area contributed by atoms with E-state index in [1.165, 1.54) is 0 Å². The summed E-state index contributed by atoms with van der Waals surface area (Å²) < 4.78 is 11.9. The number of hydrogen-bond donors (Lipinski definition) is 0. The molecule has 2 saturated heterocycles. The highest BCUT2D eigenvalue weighted by Gasteiger charge is 2.37. The number of rotatable bonds is 6. The molecule has 2 heterocycles. The van der Waals surface area contributed by atoms with Gasteiger partial charge in [-0.25, -0.2) is 0 Å². The van der Waals surface area contributed by atoms with Crippen molar-refractivity contribution in [3.63, 3.8) is 0 Å². The summed E-state index contributed by atoms with van der Waals surface area (Å²) in [7, 11) is 2.09. The van der Waals surface area contributed by atoms with Crippen LogP contribution in [0.4, 0.5) is 5.69 Å². The molecule has 6 heteroatoms. The molecule has 0 amide bonds. The number of benzene rings is 1. The first-order valence-corrected chi connectivity index (χ1v) is 8.32. The first-order valence-electron chi connectivity index (χ1n) is 8.32. The summed E-state index contributed by atoms with van der Waals surface area (Å²) in [4.78, 5) is 12.7. The molecule has 2 unspecified atom stereocenters. The van der Waals surface area contributed by atoms with Crippen LogP contribution in [0.25, 0.3) is 0 Å². The maximum absolute atomic E-state index is 10.8. The van der Waals surface area contributed by atoms with Crippen molar-refractivity contribution in [2.45, 2.75) is 50.5 Å². The Bertz CT molecular complexity index is 506. The fourth-order valence-electron chi connectivity index (χ4n) is 3.67.